The van der Waals surface area contributed by atoms with E-state index >= 15 is 0 Å². The number of hydrogen-bond acceptors (Lipinski definition) is 9. The number of anilines is 1. The second-order valence-electron chi connectivity index (χ2n) is 7.00. The fourth-order valence-corrected chi connectivity index (χ4v) is 3.67. The summed E-state index contributed by atoms with van der Waals surface area (Å²) in [6.07, 6.45) is 3.12. The number of pyridine rings is 2. The highest BCUT2D eigenvalue weighted by atomic mass is 32.1. The Kier molecular flexibility index (Phi) is 6.86. The van der Waals surface area contributed by atoms with E-state index in [0.29, 0.717) is 32.9 Å². The van der Waals surface area contributed by atoms with E-state index in [0.717, 1.165) is 28.2 Å². The molecule has 4 aromatic rings. The van der Waals surface area contributed by atoms with Crippen molar-refractivity contribution in [2.24, 2.45) is 0 Å². The molecule has 0 bridgehead atoms. The van der Waals surface area contributed by atoms with Crippen LogP contribution in [0.5, 0.6) is 10.9 Å². The van der Waals surface area contributed by atoms with Gasteiger partial charge in [-0.3, -0.25) is 20.1 Å². The van der Waals surface area contributed by atoms with Gasteiger partial charge in [0.1, 0.15) is 12.4 Å². The fourth-order valence-electron chi connectivity index (χ4n) is 3.08. The number of hydrogen-bond donors (Lipinski definition) is 2. The van der Waals surface area contributed by atoms with E-state index in [4.69, 9.17) is 14.6 Å². The summed E-state index contributed by atoms with van der Waals surface area (Å²) in [5, 5.41) is 20.4. The van der Waals surface area contributed by atoms with Gasteiger partial charge in [0.05, 0.1) is 25.0 Å². The summed E-state index contributed by atoms with van der Waals surface area (Å²) >= 11 is 1.11. The molecule has 3 heterocycles. The van der Waals surface area contributed by atoms with Gasteiger partial charge in [0.15, 0.2) is 0 Å². The molecule has 0 aliphatic carbocycles. The number of amides is 1. The zero-order valence-corrected chi connectivity index (χ0v) is 18.8. The third-order valence-electron chi connectivity index (χ3n) is 4.72. The summed E-state index contributed by atoms with van der Waals surface area (Å²) < 4.78 is 11.1. The number of carbonyl (C=O) groups is 1. The van der Waals surface area contributed by atoms with Gasteiger partial charge in [-0.25, -0.2) is 0 Å². The highest BCUT2D eigenvalue weighted by Gasteiger charge is 2.18. The predicted molar refractivity (Wildman–Crippen MR) is 123 cm³/mol. The van der Waals surface area contributed by atoms with Gasteiger partial charge in [-0.15, -0.1) is 5.10 Å². The lowest BCUT2D eigenvalue weighted by Crippen LogP contribution is -2.14. The fraction of sp³-hybridized carbons (Fsp3) is 0.174. The summed E-state index contributed by atoms with van der Waals surface area (Å²) in [5.74, 6) is 0.289. The summed E-state index contributed by atoms with van der Waals surface area (Å²) in [6, 6.07) is 12.9. The lowest BCUT2D eigenvalue weighted by molar-refractivity contribution is 0.102. The lowest BCUT2D eigenvalue weighted by atomic mass is 9.99. The number of benzene rings is 1. The van der Waals surface area contributed by atoms with E-state index < -0.39 is 0 Å². The van der Waals surface area contributed by atoms with E-state index in [1.54, 1.807) is 25.4 Å². The summed E-state index contributed by atoms with van der Waals surface area (Å²) in [6.45, 7) is 1.98. The van der Waals surface area contributed by atoms with E-state index in [9.17, 15) is 4.79 Å². The molecule has 10 heteroatoms. The van der Waals surface area contributed by atoms with Crippen LogP contribution in [0.3, 0.4) is 0 Å². The Bertz CT molecular complexity index is 1260. The Morgan fingerprint density at radius 2 is 1.94 bits per heavy atom. The first-order valence-corrected chi connectivity index (χ1v) is 10.8. The molecule has 3 aromatic heterocycles. The van der Waals surface area contributed by atoms with E-state index in [1.165, 1.54) is 6.20 Å². The van der Waals surface area contributed by atoms with Gasteiger partial charge in [-0.2, -0.15) is 0 Å². The van der Waals surface area contributed by atoms with Gasteiger partial charge >= 0.3 is 0 Å². The van der Waals surface area contributed by atoms with Crippen LogP contribution >= 0.6 is 11.3 Å². The highest BCUT2D eigenvalue weighted by molar-refractivity contribution is 7.17. The summed E-state index contributed by atoms with van der Waals surface area (Å²) in [7, 11) is 1.59. The molecule has 0 radical (unpaired) electrons. The number of aliphatic hydroxyl groups is 1. The summed E-state index contributed by atoms with van der Waals surface area (Å²) in [5.41, 5.74) is 4.06. The Morgan fingerprint density at radius 3 is 2.70 bits per heavy atom. The molecule has 4 rings (SSSR count). The van der Waals surface area contributed by atoms with Crippen LogP contribution in [0, 0.1) is 6.92 Å². The minimum atomic E-state index is -0.368. The van der Waals surface area contributed by atoms with E-state index in [-0.39, 0.29) is 19.1 Å². The molecule has 0 saturated carbocycles. The normalized spacial score (nSPS) is 10.6. The van der Waals surface area contributed by atoms with Crippen molar-refractivity contribution >= 4 is 22.4 Å². The molecular formula is C23H21N5O4S. The maximum absolute atomic E-state index is 13.0. The Balaban J connectivity index is 1.48. The van der Waals surface area contributed by atoms with Crippen LogP contribution in [0.15, 0.2) is 54.9 Å². The minimum absolute atomic E-state index is 0.0666. The topological polar surface area (TPSA) is 119 Å². The van der Waals surface area contributed by atoms with Crippen molar-refractivity contribution in [3.8, 4) is 22.1 Å². The number of methoxy groups -OCH3 is 1. The monoisotopic (exact) mass is 463 g/mol. The molecule has 0 atom stereocenters. The molecule has 0 fully saturated rings. The number of aryl methyl sites for hydroxylation is 1. The van der Waals surface area contributed by atoms with Gasteiger partial charge in [0.2, 0.25) is 5.13 Å². The van der Waals surface area contributed by atoms with Gasteiger partial charge < -0.3 is 14.6 Å². The van der Waals surface area contributed by atoms with Crippen LogP contribution in [0.2, 0.25) is 0 Å². The first kappa shape index (κ1) is 22.3. The highest BCUT2D eigenvalue weighted by Crippen LogP contribution is 2.33. The molecule has 0 spiro atoms. The zero-order chi connectivity index (χ0) is 23.2. The molecule has 9 nitrogen and oxygen atoms in total. The number of para-hydroxylation sites is 1. The second-order valence-corrected chi connectivity index (χ2v) is 7.94. The SMILES string of the molecule is COc1ccccc1-c1cc(C)ncc1C(=O)Nc1nnc(OCc2ccc(CO)cn2)s1. The Labute approximate surface area is 194 Å². The van der Waals surface area contributed by atoms with Gasteiger partial charge in [0.25, 0.3) is 11.1 Å². The molecular weight excluding hydrogens is 442 g/mol. The largest absolute Gasteiger partial charge is 0.496 e. The average molecular weight is 464 g/mol. The number of rotatable bonds is 8. The van der Waals surface area contributed by atoms with Crippen LogP contribution in [0.1, 0.15) is 27.3 Å². The predicted octanol–water partition coefficient (Wildman–Crippen LogP) is 3.64. The average Bonchev–Trinajstić information content (AvgIpc) is 3.30. The lowest BCUT2D eigenvalue weighted by Gasteiger charge is -2.13. The molecule has 1 amide bonds. The number of aliphatic hydroxyl groups excluding tert-OH is 1. The standard InChI is InChI=1S/C23H21N5O4S/c1-14-9-18(17-5-3-4-6-20(17)31-2)19(11-24-14)21(30)26-22-27-28-23(33-22)32-13-16-8-7-15(12-29)10-25-16/h3-11,29H,12-13H2,1-2H3,(H,26,27,30). The van der Waals surface area contributed by atoms with Crippen LogP contribution in [0.4, 0.5) is 5.13 Å². The van der Waals surface area contributed by atoms with Crippen molar-refractivity contribution in [3.05, 3.63) is 77.4 Å². The first-order chi connectivity index (χ1) is 16.1. The molecule has 1 aromatic carbocycles. The smallest absolute Gasteiger partial charge is 0.296 e. The second kappa shape index (κ2) is 10.2. The molecule has 0 aliphatic heterocycles. The van der Waals surface area contributed by atoms with Gasteiger partial charge in [-0.05, 0) is 42.0 Å². The molecule has 0 unspecified atom stereocenters. The van der Waals surface area contributed by atoms with Gasteiger partial charge in [0, 0.05) is 29.2 Å². The Morgan fingerprint density at radius 1 is 1.09 bits per heavy atom. The van der Waals surface area contributed by atoms with Crippen molar-refractivity contribution < 1.29 is 19.4 Å². The first-order valence-electron chi connectivity index (χ1n) is 9.99. The van der Waals surface area contributed by atoms with E-state index in [1.807, 2.05) is 37.3 Å². The van der Waals surface area contributed by atoms with Crippen LogP contribution < -0.4 is 14.8 Å². The Hall–Kier alpha value is -3.89. The minimum Gasteiger partial charge on any atom is -0.496 e. The van der Waals surface area contributed by atoms with Gasteiger partial charge in [-0.1, -0.05) is 29.4 Å². The maximum Gasteiger partial charge on any atom is 0.296 e. The van der Waals surface area contributed by atoms with Crippen molar-refractivity contribution in [2.45, 2.75) is 20.1 Å². The van der Waals surface area contributed by atoms with Crippen molar-refractivity contribution in [3.63, 3.8) is 0 Å². The third kappa shape index (κ3) is 5.30. The number of carbonyl (C=O) groups excluding carboxylic acids is 1. The van der Waals surface area contributed by atoms with Crippen LogP contribution in [0.25, 0.3) is 11.1 Å². The van der Waals surface area contributed by atoms with Crippen molar-refractivity contribution in [1.29, 1.82) is 0 Å². The maximum atomic E-state index is 13.0. The number of aromatic nitrogens is 4. The van der Waals surface area contributed by atoms with Crippen LogP contribution in [-0.4, -0.2) is 38.3 Å². The van der Waals surface area contributed by atoms with Crippen LogP contribution in [-0.2, 0) is 13.2 Å². The number of nitrogens with zero attached hydrogens (tertiary/aromatic N) is 4. The molecule has 0 saturated heterocycles. The van der Waals surface area contributed by atoms with E-state index in [2.05, 4.69) is 25.5 Å². The quantitative estimate of drug-likeness (QED) is 0.407. The summed E-state index contributed by atoms with van der Waals surface area (Å²) in [4.78, 5) is 21.5. The number of nitrogens with one attached hydrogen (secondary N) is 1. The zero-order valence-electron chi connectivity index (χ0n) is 18.0. The molecule has 0 aliphatic rings. The van der Waals surface area contributed by atoms with Crippen molar-refractivity contribution in [1.82, 2.24) is 20.2 Å². The van der Waals surface area contributed by atoms with Crippen molar-refractivity contribution in [2.75, 3.05) is 12.4 Å². The molecule has 33 heavy (non-hydrogen) atoms. The molecule has 2 N–H and O–H groups in total. The third-order valence-corrected chi connectivity index (χ3v) is 5.47. The molecule has 168 valence electrons. The number of ether oxygens (including phenoxy) is 2.